The topological polar surface area (TPSA) is 18.1 Å². The Morgan fingerprint density at radius 3 is 1.89 bits per heavy atom. The molecule has 6 rings (SSSR count). The summed E-state index contributed by atoms with van der Waals surface area (Å²) in [4.78, 5) is 0. The molecule has 128 valence electrons. The van der Waals surface area contributed by atoms with Crippen molar-refractivity contribution < 1.29 is 4.42 Å². The van der Waals surface area contributed by atoms with Crippen LogP contribution in [0.2, 0.25) is 5.02 Å². The predicted octanol–water partition coefficient (Wildman–Crippen LogP) is 7.34. The molecule has 0 aliphatic carbocycles. The van der Waals surface area contributed by atoms with Crippen LogP contribution in [0.4, 0.5) is 0 Å². The fraction of sp³-hybridized carbons (Fsp3) is 0. The molecular weight excluding hydrogens is 354 g/mol. The molecule has 0 aliphatic rings. The number of fused-ring (bicyclic) bond motifs is 6. The lowest BCUT2D eigenvalue weighted by molar-refractivity contribution is 0.666. The first-order valence-corrected chi connectivity index (χ1v) is 9.29. The van der Waals surface area contributed by atoms with E-state index < -0.39 is 0 Å². The van der Waals surface area contributed by atoms with Crippen molar-refractivity contribution in [2.45, 2.75) is 0 Å². The second kappa shape index (κ2) is 5.38. The maximum absolute atomic E-state index is 6.74. The Labute approximate surface area is 160 Å². The molecule has 0 spiro atoms. The fourth-order valence-electron chi connectivity index (χ4n) is 4.12. The zero-order valence-corrected chi connectivity index (χ0v) is 15.1. The fourth-order valence-corrected chi connectivity index (χ4v) is 4.36. The maximum Gasteiger partial charge on any atom is 0.160 e. The zero-order chi connectivity index (χ0) is 18.0. The third-order valence-corrected chi connectivity index (χ3v) is 5.58. The lowest BCUT2D eigenvalue weighted by Crippen LogP contribution is -1.95. The number of hydrogen-bond acceptors (Lipinski definition) is 1. The lowest BCUT2D eigenvalue weighted by atomic mass is 10.1. The van der Waals surface area contributed by atoms with Gasteiger partial charge in [-0.25, -0.2) is 0 Å². The van der Waals surface area contributed by atoms with Gasteiger partial charge in [-0.15, -0.1) is 0 Å². The van der Waals surface area contributed by atoms with Crippen molar-refractivity contribution in [3.05, 3.63) is 90.0 Å². The average Bonchev–Trinajstić information content (AvgIpc) is 3.24. The molecule has 4 aromatic carbocycles. The second-order valence-corrected chi connectivity index (χ2v) is 7.15. The van der Waals surface area contributed by atoms with Gasteiger partial charge in [0.05, 0.1) is 16.1 Å². The van der Waals surface area contributed by atoms with Crippen molar-refractivity contribution in [1.29, 1.82) is 0 Å². The molecule has 0 unspecified atom stereocenters. The minimum Gasteiger partial charge on any atom is -0.454 e. The highest BCUT2D eigenvalue weighted by atomic mass is 35.5. The van der Waals surface area contributed by atoms with Crippen LogP contribution >= 0.6 is 11.6 Å². The van der Waals surface area contributed by atoms with Crippen molar-refractivity contribution in [2.24, 2.45) is 0 Å². The van der Waals surface area contributed by atoms with Gasteiger partial charge in [0.1, 0.15) is 11.3 Å². The van der Waals surface area contributed by atoms with Gasteiger partial charge < -0.3 is 8.98 Å². The maximum atomic E-state index is 6.74. The Morgan fingerprint density at radius 1 is 0.593 bits per heavy atom. The number of aromatic nitrogens is 1. The quantitative estimate of drug-likeness (QED) is 0.297. The highest BCUT2D eigenvalue weighted by molar-refractivity contribution is 6.34. The first kappa shape index (κ1) is 14.9. The first-order valence-electron chi connectivity index (χ1n) is 8.91. The molecule has 0 amide bonds. The van der Waals surface area contributed by atoms with Gasteiger partial charge in [0.15, 0.2) is 5.58 Å². The molecule has 0 aliphatic heterocycles. The summed E-state index contributed by atoms with van der Waals surface area (Å²) in [6.45, 7) is 0. The van der Waals surface area contributed by atoms with E-state index in [-0.39, 0.29) is 0 Å². The summed E-state index contributed by atoms with van der Waals surface area (Å²) in [7, 11) is 0. The number of hydrogen-bond donors (Lipinski definition) is 0. The number of para-hydroxylation sites is 3. The normalized spacial score (nSPS) is 11.9. The van der Waals surface area contributed by atoms with Crippen LogP contribution in [0.15, 0.2) is 89.3 Å². The Bertz CT molecular complexity index is 1440. The smallest absolute Gasteiger partial charge is 0.160 e. The standard InChI is InChI=1S/C24H14ClNO/c25-19-14-13-18-17-9-3-6-12-22(17)27-24(18)23(19)26-20-10-4-1-7-15(20)16-8-2-5-11-21(16)26/h1-14H. The number of rotatable bonds is 1. The SMILES string of the molecule is Clc1ccc2c(oc3ccccc32)c1-n1c2ccccc2c2ccccc21. The average molecular weight is 368 g/mol. The molecule has 2 heterocycles. The van der Waals surface area contributed by atoms with Gasteiger partial charge in [0.2, 0.25) is 0 Å². The van der Waals surface area contributed by atoms with Crippen LogP contribution < -0.4 is 0 Å². The van der Waals surface area contributed by atoms with Gasteiger partial charge in [0, 0.05) is 21.5 Å². The van der Waals surface area contributed by atoms with Crippen molar-refractivity contribution in [1.82, 2.24) is 4.57 Å². The van der Waals surface area contributed by atoms with Crippen LogP contribution in [0.3, 0.4) is 0 Å². The van der Waals surface area contributed by atoms with Gasteiger partial charge >= 0.3 is 0 Å². The molecule has 0 fully saturated rings. The van der Waals surface area contributed by atoms with Crippen molar-refractivity contribution >= 4 is 55.3 Å². The summed E-state index contributed by atoms with van der Waals surface area (Å²) in [6, 6.07) is 29.0. The second-order valence-electron chi connectivity index (χ2n) is 6.74. The van der Waals surface area contributed by atoms with Crippen LogP contribution in [0.5, 0.6) is 0 Å². The first-order chi connectivity index (χ1) is 13.3. The van der Waals surface area contributed by atoms with E-state index in [9.17, 15) is 0 Å². The molecule has 2 aromatic heterocycles. The highest BCUT2D eigenvalue weighted by Gasteiger charge is 2.19. The molecule has 0 bridgehead atoms. The van der Waals surface area contributed by atoms with Gasteiger partial charge in [-0.05, 0) is 30.3 Å². The number of furan rings is 1. The van der Waals surface area contributed by atoms with E-state index in [0.717, 1.165) is 38.7 Å². The number of halogens is 1. The van der Waals surface area contributed by atoms with E-state index in [1.807, 2.05) is 30.3 Å². The molecular formula is C24H14ClNO. The van der Waals surface area contributed by atoms with E-state index >= 15 is 0 Å². The Morgan fingerprint density at radius 2 is 1.19 bits per heavy atom. The van der Waals surface area contributed by atoms with Crippen LogP contribution in [0.1, 0.15) is 0 Å². The monoisotopic (exact) mass is 367 g/mol. The van der Waals surface area contributed by atoms with Gasteiger partial charge in [-0.3, -0.25) is 0 Å². The highest BCUT2D eigenvalue weighted by Crippen LogP contribution is 2.40. The lowest BCUT2D eigenvalue weighted by Gasteiger charge is -2.10. The molecule has 2 nitrogen and oxygen atoms in total. The molecule has 6 aromatic rings. The van der Waals surface area contributed by atoms with Gasteiger partial charge in [0.25, 0.3) is 0 Å². The molecule has 3 heteroatoms. The Balaban J connectivity index is 1.87. The third kappa shape index (κ3) is 1.96. The van der Waals surface area contributed by atoms with Crippen molar-refractivity contribution in [3.8, 4) is 5.69 Å². The van der Waals surface area contributed by atoms with E-state index in [4.69, 9.17) is 16.0 Å². The Kier molecular flexibility index (Phi) is 2.97. The summed E-state index contributed by atoms with van der Waals surface area (Å²) in [5.74, 6) is 0. The minimum absolute atomic E-state index is 0.674. The number of nitrogens with zero attached hydrogens (tertiary/aromatic N) is 1. The van der Waals surface area contributed by atoms with Gasteiger partial charge in [-0.1, -0.05) is 66.2 Å². The Hall–Kier alpha value is -3.23. The van der Waals surface area contributed by atoms with E-state index in [1.165, 1.54) is 10.8 Å². The largest absolute Gasteiger partial charge is 0.454 e. The zero-order valence-electron chi connectivity index (χ0n) is 14.3. The molecule has 0 saturated carbocycles. The van der Waals surface area contributed by atoms with Crippen LogP contribution in [0, 0.1) is 0 Å². The summed E-state index contributed by atoms with van der Waals surface area (Å²) < 4.78 is 8.50. The van der Waals surface area contributed by atoms with Crippen LogP contribution in [-0.4, -0.2) is 4.57 Å². The van der Waals surface area contributed by atoms with Crippen molar-refractivity contribution in [2.75, 3.05) is 0 Å². The molecule has 0 saturated heterocycles. The van der Waals surface area contributed by atoms with E-state index in [0.29, 0.717) is 5.02 Å². The summed E-state index contributed by atoms with van der Waals surface area (Å²) in [5.41, 5.74) is 4.82. The molecule has 0 radical (unpaired) electrons. The van der Waals surface area contributed by atoms with Gasteiger partial charge in [-0.2, -0.15) is 0 Å². The summed E-state index contributed by atoms with van der Waals surface area (Å²) in [5, 5.41) is 5.26. The predicted molar refractivity (Wildman–Crippen MR) is 113 cm³/mol. The van der Waals surface area contributed by atoms with E-state index in [1.54, 1.807) is 0 Å². The third-order valence-electron chi connectivity index (χ3n) is 5.28. The van der Waals surface area contributed by atoms with E-state index in [2.05, 4.69) is 59.2 Å². The summed E-state index contributed by atoms with van der Waals surface area (Å²) >= 11 is 6.74. The minimum atomic E-state index is 0.674. The molecule has 0 N–H and O–H groups in total. The molecule has 27 heavy (non-hydrogen) atoms. The number of benzene rings is 4. The summed E-state index contributed by atoms with van der Waals surface area (Å²) in [6.07, 6.45) is 0. The van der Waals surface area contributed by atoms with Crippen molar-refractivity contribution in [3.63, 3.8) is 0 Å². The van der Waals surface area contributed by atoms with Crippen LogP contribution in [0.25, 0.3) is 49.4 Å². The molecule has 0 atom stereocenters. The van der Waals surface area contributed by atoms with Crippen LogP contribution in [-0.2, 0) is 0 Å².